The Labute approximate surface area is 229 Å². The number of aromatic nitrogens is 1. The number of rotatable bonds is 2. The predicted molar refractivity (Wildman–Crippen MR) is 150 cm³/mol. The Hall–Kier alpha value is -5.06. The second-order valence-corrected chi connectivity index (χ2v) is 10.9. The normalized spacial score (nSPS) is 26.6. The Bertz CT molecular complexity index is 2030. The lowest BCUT2D eigenvalue weighted by Crippen LogP contribution is -2.64. The van der Waals surface area contributed by atoms with E-state index in [1.807, 2.05) is 54.6 Å². The first kappa shape index (κ1) is 22.9. The summed E-state index contributed by atoms with van der Waals surface area (Å²) in [6, 6.07) is 28.1. The molecule has 4 aromatic carbocycles. The number of Topliss-reactive ketones (excluding diaryl/α,β-unsaturated/α-hetero) is 2. The lowest BCUT2D eigenvalue weighted by molar-refractivity contribution is -0.125. The second kappa shape index (κ2) is 7.32. The minimum Gasteiger partial charge on any atom is -0.360 e. The van der Waals surface area contributed by atoms with Crippen molar-refractivity contribution in [3.8, 4) is 6.07 Å². The summed E-state index contributed by atoms with van der Waals surface area (Å²) in [5.74, 6) is -1.29. The number of hydrogen-bond acceptors (Lipinski definition) is 5. The molecule has 7 nitrogen and oxygen atoms in total. The fraction of sp³-hybridized carbons (Fsp3) is 0.152. The number of amides is 1. The number of para-hydroxylation sites is 2. The van der Waals surface area contributed by atoms with Crippen LogP contribution in [0.2, 0.25) is 0 Å². The fourth-order valence-electron chi connectivity index (χ4n) is 8.03. The van der Waals surface area contributed by atoms with E-state index in [1.54, 1.807) is 48.5 Å². The zero-order valence-electron chi connectivity index (χ0n) is 21.5. The van der Waals surface area contributed by atoms with Crippen molar-refractivity contribution < 1.29 is 14.4 Å². The van der Waals surface area contributed by atoms with Gasteiger partial charge in [0, 0.05) is 40.5 Å². The van der Waals surface area contributed by atoms with Crippen molar-refractivity contribution in [2.24, 2.45) is 5.41 Å². The number of nitriles is 1. The Morgan fingerprint density at radius 3 is 2.48 bits per heavy atom. The van der Waals surface area contributed by atoms with Crippen molar-refractivity contribution in [3.05, 3.63) is 113 Å². The molecule has 3 heterocycles. The minimum atomic E-state index is -1.93. The van der Waals surface area contributed by atoms with E-state index >= 15 is 0 Å². The molecule has 2 N–H and O–H groups in total. The number of likely N-dealkylation sites (N-methyl/N-ethyl adjacent to an activating group) is 1. The van der Waals surface area contributed by atoms with Gasteiger partial charge in [0.1, 0.15) is 11.0 Å². The van der Waals surface area contributed by atoms with Crippen LogP contribution in [0.15, 0.2) is 91.1 Å². The minimum absolute atomic E-state index is 0.111. The Balaban J connectivity index is 1.54. The molecule has 1 saturated heterocycles. The number of anilines is 1. The third-order valence-corrected chi connectivity index (χ3v) is 9.43. The van der Waals surface area contributed by atoms with E-state index in [4.69, 9.17) is 0 Å². The summed E-state index contributed by atoms with van der Waals surface area (Å²) < 4.78 is 0. The van der Waals surface area contributed by atoms with Gasteiger partial charge in [0.2, 0.25) is 5.91 Å². The SMILES string of the molecule is CN1C[C@](C#N)(C(=O)c2c[nH]c3ccccc23)[C@]2(C(=O)Nc3ccccc32)C12C(=O)c1cccc3cccc2c13. The van der Waals surface area contributed by atoms with Gasteiger partial charge in [-0.3, -0.25) is 19.3 Å². The molecule has 1 unspecified atom stereocenters. The van der Waals surface area contributed by atoms with Crippen LogP contribution in [0.3, 0.4) is 0 Å². The van der Waals surface area contributed by atoms with Gasteiger partial charge in [0.05, 0.1) is 6.07 Å². The van der Waals surface area contributed by atoms with Gasteiger partial charge in [-0.2, -0.15) is 5.26 Å². The number of carbonyl (C=O) groups is 3. The van der Waals surface area contributed by atoms with Gasteiger partial charge in [-0.25, -0.2) is 0 Å². The molecule has 0 saturated carbocycles. The van der Waals surface area contributed by atoms with E-state index in [2.05, 4.69) is 16.4 Å². The van der Waals surface area contributed by atoms with Crippen molar-refractivity contribution in [1.29, 1.82) is 5.26 Å². The van der Waals surface area contributed by atoms with Gasteiger partial charge in [-0.05, 0) is 41.1 Å². The van der Waals surface area contributed by atoms with E-state index in [9.17, 15) is 19.6 Å². The highest BCUT2D eigenvalue weighted by molar-refractivity contribution is 6.28. The maximum Gasteiger partial charge on any atom is 0.240 e. The number of fused-ring (bicyclic) bond motifs is 5. The van der Waals surface area contributed by atoms with E-state index in [0.717, 1.165) is 16.3 Å². The lowest BCUT2D eigenvalue weighted by Gasteiger charge is -2.45. The van der Waals surface area contributed by atoms with Crippen molar-refractivity contribution >= 4 is 44.8 Å². The Morgan fingerprint density at radius 1 is 0.925 bits per heavy atom. The third kappa shape index (κ3) is 2.19. The van der Waals surface area contributed by atoms with E-state index in [-0.39, 0.29) is 12.3 Å². The number of aromatic amines is 1. The first-order valence-corrected chi connectivity index (χ1v) is 13.1. The molecule has 3 atom stereocenters. The van der Waals surface area contributed by atoms with Gasteiger partial charge < -0.3 is 10.3 Å². The number of likely N-dealkylation sites (tertiary alicyclic amines) is 1. The second-order valence-electron chi connectivity index (χ2n) is 10.9. The van der Waals surface area contributed by atoms with E-state index in [1.165, 1.54) is 0 Å². The molecule has 0 bridgehead atoms. The summed E-state index contributed by atoms with van der Waals surface area (Å²) in [5, 5.41) is 16.5. The molecular weight excluding hydrogens is 500 g/mol. The number of nitrogens with zero attached hydrogens (tertiary/aromatic N) is 2. The number of benzene rings is 4. The largest absolute Gasteiger partial charge is 0.360 e. The fourth-order valence-corrected chi connectivity index (χ4v) is 8.03. The lowest BCUT2D eigenvalue weighted by atomic mass is 9.51. The summed E-state index contributed by atoms with van der Waals surface area (Å²) >= 11 is 0. The van der Waals surface area contributed by atoms with Crippen molar-refractivity contribution in [2.75, 3.05) is 18.9 Å². The van der Waals surface area contributed by atoms with Crippen LogP contribution in [0.4, 0.5) is 5.69 Å². The molecule has 8 rings (SSSR count). The van der Waals surface area contributed by atoms with Crippen molar-refractivity contribution in [3.63, 3.8) is 0 Å². The number of ketones is 2. The zero-order chi connectivity index (χ0) is 27.4. The average Bonchev–Trinajstić information content (AvgIpc) is 3.68. The topological polar surface area (TPSA) is 106 Å². The number of carbonyl (C=O) groups excluding carboxylic acids is 3. The Kier molecular flexibility index (Phi) is 4.19. The maximum atomic E-state index is 14.9. The molecular formula is C33H22N4O3. The summed E-state index contributed by atoms with van der Waals surface area (Å²) in [6.07, 6.45) is 1.61. The van der Waals surface area contributed by atoms with Crippen LogP contribution in [-0.4, -0.2) is 40.9 Å². The van der Waals surface area contributed by atoms with Crippen LogP contribution in [0.1, 0.15) is 31.8 Å². The summed E-state index contributed by atoms with van der Waals surface area (Å²) in [4.78, 5) is 49.5. The molecule has 1 aromatic heterocycles. The highest BCUT2D eigenvalue weighted by atomic mass is 16.2. The van der Waals surface area contributed by atoms with Crippen LogP contribution >= 0.6 is 0 Å². The van der Waals surface area contributed by atoms with Crippen LogP contribution in [-0.2, 0) is 15.7 Å². The Morgan fingerprint density at radius 2 is 1.65 bits per heavy atom. The smallest absolute Gasteiger partial charge is 0.240 e. The molecule has 7 heteroatoms. The molecule has 1 aliphatic carbocycles. The quantitative estimate of drug-likeness (QED) is 0.320. The zero-order valence-corrected chi connectivity index (χ0v) is 21.5. The van der Waals surface area contributed by atoms with E-state index in [0.29, 0.717) is 33.3 Å². The molecule has 5 aromatic rings. The van der Waals surface area contributed by atoms with Crippen molar-refractivity contribution in [2.45, 2.75) is 11.0 Å². The van der Waals surface area contributed by atoms with Crippen molar-refractivity contribution in [1.82, 2.24) is 9.88 Å². The molecule has 2 spiro atoms. The standard InChI is InChI=1S/C33H22N4O3/c1-37-18-31(17-34,28(38)22-16-35-25-14-4-2-10-20(22)25)32(23-12-3-5-15-26(23)36-30(32)40)33(37)24-13-7-9-19-8-6-11-21(27(19)24)29(33)39/h2-16,35H,18H2,1H3,(H,36,40)/t31-,32+,33?/m1/s1. The van der Waals surface area contributed by atoms with Gasteiger partial charge in [0.15, 0.2) is 17.0 Å². The van der Waals surface area contributed by atoms with Gasteiger partial charge in [0.25, 0.3) is 0 Å². The van der Waals surface area contributed by atoms with Gasteiger partial charge >= 0.3 is 0 Å². The summed E-state index contributed by atoms with van der Waals surface area (Å²) in [5.41, 5.74) is -2.22. The maximum absolute atomic E-state index is 14.9. The molecule has 40 heavy (non-hydrogen) atoms. The monoisotopic (exact) mass is 522 g/mol. The number of H-pyrrole nitrogens is 1. The molecule has 0 radical (unpaired) electrons. The molecule has 1 amide bonds. The summed E-state index contributed by atoms with van der Waals surface area (Å²) in [6.45, 7) is -0.111. The molecule has 192 valence electrons. The number of nitrogens with one attached hydrogen (secondary N) is 2. The summed E-state index contributed by atoms with van der Waals surface area (Å²) in [7, 11) is 1.75. The number of hydrogen-bond donors (Lipinski definition) is 2. The first-order valence-electron chi connectivity index (χ1n) is 13.1. The molecule has 1 fully saturated rings. The van der Waals surface area contributed by atoms with Crippen LogP contribution < -0.4 is 5.32 Å². The highest BCUT2D eigenvalue weighted by Crippen LogP contribution is 2.69. The predicted octanol–water partition coefficient (Wildman–Crippen LogP) is 4.94. The van der Waals surface area contributed by atoms with Gasteiger partial charge in [-0.1, -0.05) is 72.8 Å². The van der Waals surface area contributed by atoms with Crippen LogP contribution in [0, 0.1) is 16.7 Å². The van der Waals surface area contributed by atoms with Crippen LogP contribution in [0.25, 0.3) is 21.7 Å². The van der Waals surface area contributed by atoms with E-state index < -0.39 is 28.1 Å². The highest BCUT2D eigenvalue weighted by Gasteiger charge is 2.83. The molecule has 2 aliphatic heterocycles. The average molecular weight is 523 g/mol. The first-order chi connectivity index (χ1) is 19.4. The van der Waals surface area contributed by atoms with Crippen LogP contribution in [0.5, 0.6) is 0 Å². The third-order valence-electron chi connectivity index (χ3n) is 9.43. The molecule has 3 aliphatic rings. The van der Waals surface area contributed by atoms with Gasteiger partial charge in [-0.15, -0.1) is 0 Å².